The molecule has 0 bridgehead atoms. The molecule has 112 valence electrons. The summed E-state index contributed by atoms with van der Waals surface area (Å²) in [6.45, 7) is 9.21. The van der Waals surface area contributed by atoms with Crippen LogP contribution in [0.4, 0.5) is 0 Å². The van der Waals surface area contributed by atoms with Crippen LogP contribution in [0.25, 0.3) is 0 Å². The molecular weight excluding hydrogens is 240 g/mol. The van der Waals surface area contributed by atoms with Crippen LogP contribution in [-0.4, -0.2) is 38.3 Å². The Morgan fingerprint density at radius 2 is 2.11 bits per heavy atom. The zero-order valence-corrected chi connectivity index (χ0v) is 13.0. The van der Waals surface area contributed by atoms with E-state index in [0.29, 0.717) is 18.4 Å². The highest BCUT2D eigenvalue weighted by Crippen LogP contribution is 2.24. The summed E-state index contributed by atoms with van der Waals surface area (Å²) in [5.74, 6) is 0.0915. The van der Waals surface area contributed by atoms with E-state index in [0.717, 1.165) is 32.4 Å². The standard InChI is InChI=1S/C15H30N2O2/c1-14(2,3)7-5-9-17-15(11-13(18)16-4)8-6-10-19-12-15/h17H,5-12H2,1-4H3,(H,16,18). The SMILES string of the molecule is CNC(=O)CC1(NCCCC(C)(C)C)CCCOC1. The Bertz CT molecular complexity index is 278. The number of rotatable bonds is 6. The number of hydrogen-bond acceptors (Lipinski definition) is 3. The van der Waals surface area contributed by atoms with E-state index in [-0.39, 0.29) is 11.4 Å². The molecule has 4 nitrogen and oxygen atoms in total. The van der Waals surface area contributed by atoms with E-state index in [9.17, 15) is 4.79 Å². The molecule has 4 heteroatoms. The van der Waals surface area contributed by atoms with Crippen molar-refractivity contribution in [2.45, 2.75) is 58.4 Å². The zero-order valence-electron chi connectivity index (χ0n) is 13.0. The molecule has 0 aromatic rings. The molecule has 0 spiro atoms. The number of ether oxygens (including phenoxy) is 1. The third-order valence-electron chi connectivity index (χ3n) is 3.70. The van der Waals surface area contributed by atoms with Crippen LogP contribution in [0, 0.1) is 5.41 Å². The van der Waals surface area contributed by atoms with Crippen molar-refractivity contribution < 1.29 is 9.53 Å². The van der Waals surface area contributed by atoms with Crippen molar-refractivity contribution in [1.29, 1.82) is 0 Å². The van der Waals surface area contributed by atoms with E-state index >= 15 is 0 Å². The molecule has 1 aliphatic heterocycles. The van der Waals surface area contributed by atoms with Crippen LogP contribution >= 0.6 is 0 Å². The molecular formula is C15H30N2O2. The van der Waals surface area contributed by atoms with Crippen molar-refractivity contribution in [3.63, 3.8) is 0 Å². The lowest BCUT2D eigenvalue weighted by molar-refractivity contribution is -0.123. The molecule has 1 rings (SSSR count). The molecule has 19 heavy (non-hydrogen) atoms. The molecule has 1 heterocycles. The van der Waals surface area contributed by atoms with Gasteiger partial charge in [-0.25, -0.2) is 0 Å². The fourth-order valence-electron chi connectivity index (χ4n) is 2.56. The van der Waals surface area contributed by atoms with E-state index in [4.69, 9.17) is 4.74 Å². The lowest BCUT2D eigenvalue weighted by Crippen LogP contribution is -2.54. The monoisotopic (exact) mass is 270 g/mol. The molecule has 1 atom stereocenters. The minimum atomic E-state index is -0.157. The summed E-state index contributed by atoms with van der Waals surface area (Å²) in [5.41, 5.74) is 0.217. The quantitative estimate of drug-likeness (QED) is 0.727. The summed E-state index contributed by atoms with van der Waals surface area (Å²) in [6, 6.07) is 0. The van der Waals surface area contributed by atoms with Crippen molar-refractivity contribution in [3.8, 4) is 0 Å². The first-order valence-electron chi connectivity index (χ1n) is 7.40. The third kappa shape index (κ3) is 6.39. The number of amides is 1. The maximum absolute atomic E-state index is 11.7. The first kappa shape index (κ1) is 16.4. The molecule has 2 N–H and O–H groups in total. The highest BCUT2D eigenvalue weighted by molar-refractivity contribution is 5.76. The van der Waals surface area contributed by atoms with Gasteiger partial charge in [0, 0.05) is 20.1 Å². The lowest BCUT2D eigenvalue weighted by Gasteiger charge is -2.37. The molecule has 0 saturated carbocycles. The topological polar surface area (TPSA) is 50.4 Å². The Labute approximate surface area is 117 Å². The molecule has 1 amide bonds. The maximum atomic E-state index is 11.7. The lowest BCUT2D eigenvalue weighted by atomic mass is 9.87. The van der Waals surface area contributed by atoms with Gasteiger partial charge in [0.1, 0.15) is 0 Å². The highest BCUT2D eigenvalue weighted by Gasteiger charge is 2.34. The van der Waals surface area contributed by atoms with Gasteiger partial charge in [-0.05, 0) is 37.6 Å². The summed E-state index contributed by atoms with van der Waals surface area (Å²) in [6.07, 6.45) is 4.90. The van der Waals surface area contributed by atoms with Crippen LogP contribution in [0.2, 0.25) is 0 Å². The van der Waals surface area contributed by atoms with Gasteiger partial charge >= 0.3 is 0 Å². The van der Waals surface area contributed by atoms with Gasteiger partial charge in [0.2, 0.25) is 5.91 Å². The first-order valence-corrected chi connectivity index (χ1v) is 7.40. The smallest absolute Gasteiger partial charge is 0.221 e. The van der Waals surface area contributed by atoms with Gasteiger partial charge in [-0.3, -0.25) is 4.79 Å². The Hall–Kier alpha value is -0.610. The van der Waals surface area contributed by atoms with Gasteiger partial charge in [0.25, 0.3) is 0 Å². The molecule has 0 aromatic heterocycles. The molecule has 1 saturated heterocycles. The zero-order chi connectivity index (χ0) is 14.4. The van der Waals surface area contributed by atoms with Crippen molar-refractivity contribution in [3.05, 3.63) is 0 Å². The second-order valence-electron chi connectivity index (χ2n) is 6.88. The summed E-state index contributed by atoms with van der Waals surface area (Å²) in [5, 5.41) is 6.30. The normalized spacial score (nSPS) is 24.2. The molecule has 1 fully saturated rings. The average Bonchev–Trinajstić information content (AvgIpc) is 2.35. The van der Waals surface area contributed by atoms with Crippen LogP contribution in [0.1, 0.15) is 52.9 Å². The Morgan fingerprint density at radius 3 is 2.63 bits per heavy atom. The van der Waals surface area contributed by atoms with Crippen molar-refractivity contribution in [1.82, 2.24) is 10.6 Å². The summed E-state index contributed by atoms with van der Waals surface area (Å²) in [4.78, 5) is 11.7. The third-order valence-corrected chi connectivity index (χ3v) is 3.70. The van der Waals surface area contributed by atoms with E-state index in [1.807, 2.05) is 0 Å². The van der Waals surface area contributed by atoms with Gasteiger partial charge in [0.15, 0.2) is 0 Å². The predicted molar refractivity (Wildman–Crippen MR) is 78.2 cm³/mol. The largest absolute Gasteiger partial charge is 0.380 e. The fourth-order valence-corrected chi connectivity index (χ4v) is 2.56. The van der Waals surface area contributed by atoms with E-state index < -0.39 is 0 Å². The Balaban J connectivity index is 2.43. The molecule has 0 aromatic carbocycles. The number of carbonyl (C=O) groups excluding carboxylic acids is 1. The van der Waals surface area contributed by atoms with Crippen molar-refractivity contribution in [2.24, 2.45) is 5.41 Å². The van der Waals surface area contributed by atoms with Crippen LogP contribution in [0.5, 0.6) is 0 Å². The van der Waals surface area contributed by atoms with Crippen LogP contribution in [-0.2, 0) is 9.53 Å². The van der Waals surface area contributed by atoms with Crippen molar-refractivity contribution in [2.75, 3.05) is 26.8 Å². The van der Waals surface area contributed by atoms with E-state index in [2.05, 4.69) is 31.4 Å². The van der Waals surface area contributed by atoms with Gasteiger partial charge in [0.05, 0.1) is 12.1 Å². The highest BCUT2D eigenvalue weighted by atomic mass is 16.5. The van der Waals surface area contributed by atoms with Crippen molar-refractivity contribution >= 4 is 5.91 Å². The molecule has 1 unspecified atom stereocenters. The number of carbonyl (C=O) groups is 1. The maximum Gasteiger partial charge on any atom is 0.221 e. The molecule has 0 aliphatic carbocycles. The second-order valence-corrected chi connectivity index (χ2v) is 6.88. The minimum Gasteiger partial charge on any atom is -0.380 e. The second kappa shape index (κ2) is 7.25. The minimum absolute atomic E-state index is 0.0915. The molecule has 0 radical (unpaired) electrons. The van der Waals surface area contributed by atoms with Crippen LogP contribution < -0.4 is 10.6 Å². The fraction of sp³-hybridized carbons (Fsp3) is 0.933. The van der Waals surface area contributed by atoms with Gasteiger partial charge in [-0.2, -0.15) is 0 Å². The summed E-state index contributed by atoms with van der Waals surface area (Å²) < 4.78 is 5.59. The summed E-state index contributed by atoms with van der Waals surface area (Å²) in [7, 11) is 1.69. The number of nitrogens with one attached hydrogen (secondary N) is 2. The van der Waals surface area contributed by atoms with Gasteiger partial charge in [-0.1, -0.05) is 20.8 Å². The first-order chi connectivity index (χ1) is 8.87. The van der Waals surface area contributed by atoms with Crippen LogP contribution in [0.15, 0.2) is 0 Å². The average molecular weight is 270 g/mol. The molecule has 1 aliphatic rings. The predicted octanol–water partition coefficient (Wildman–Crippen LogP) is 2.09. The van der Waals surface area contributed by atoms with E-state index in [1.54, 1.807) is 7.05 Å². The number of hydrogen-bond donors (Lipinski definition) is 2. The summed E-state index contributed by atoms with van der Waals surface area (Å²) >= 11 is 0. The Kier molecular flexibility index (Phi) is 6.27. The Morgan fingerprint density at radius 1 is 1.37 bits per heavy atom. The van der Waals surface area contributed by atoms with Gasteiger partial charge in [-0.15, -0.1) is 0 Å². The van der Waals surface area contributed by atoms with Crippen LogP contribution in [0.3, 0.4) is 0 Å². The van der Waals surface area contributed by atoms with E-state index in [1.165, 1.54) is 6.42 Å². The van der Waals surface area contributed by atoms with Gasteiger partial charge < -0.3 is 15.4 Å².